The van der Waals surface area contributed by atoms with E-state index in [4.69, 9.17) is 10.2 Å². The second-order valence-corrected chi connectivity index (χ2v) is 6.79. The number of nitrogens with one attached hydrogen (secondary N) is 1. The predicted octanol–water partition coefficient (Wildman–Crippen LogP) is 2.82. The zero-order valence-electron chi connectivity index (χ0n) is 15.3. The molecule has 2 amide bonds. The number of rotatable bonds is 7. The molecule has 0 unspecified atom stereocenters. The summed E-state index contributed by atoms with van der Waals surface area (Å²) in [4.78, 5) is 35.8. The smallest absolute Gasteiger partial charge is 0.349 e. The number of primary amides is 1. The van der Waals surface area contributed by atoms with E-state index < -0.39 is 17.4 Å². The van der Waals surface area contributed by atoms with Crippen molar-refractivity contribution in [2.45, 2.75) is 40.0 Å². The standard InChI is InChI=1S/C20H24N2O4/c1-12(2)7-8-16-9-13(3)18(20(25)26-16)19(24)22-15-6-4-5-14(10-15)11-17(21)23/h4-6,9-10,12H,7-8,11H2,1-3H3,(H2,21,23)(H,22,24). The van der Waals surface area contributed by atoms with Crippen molar-refractivity contribution in [1.29, 1.82) is 0 Å². The van der Waals surface area contributed by atoms with Gasteiger partial charge in [-0.05, 0) is 48.6 Å². The highest BCUT2D eigenvalue weighted by molar-refractivity contribution is 6.05. The minimum absolute atomic E-state index is 0.0152. The molecule has 1 aromatic carbocycles. The normalized spacial score (nSPS) is 10.8. The van der Waals surface area contributed by atoms with Gasteiger partial charge in [-0.25, -0.2) is 4.79 Å². The van der Waals surface area contributed by atoms with Gasteiger partial charge >= 0.3 is 5.63 Å². The second-order valence-electron chi connectivity index (χ2n) is 6.79. The topological polar surface area (TPSA) is 102 Å². The third-order valence-corrected chi connectivity index (χ3v) is 3.96. The molecule has 0 aliphatic rings. The van der Waals surface area contributed by atoms with Crippen molar-refractivity contribution in [3.05, 3.63) is 63.2 Å². The average Bonchev–Trinajstić information content (AvgIpc) is 2.52. The summed E-state index contributed by atoms with van der Waals surface area (Å²) in [5.74, 6) is 0.0855. The molecule has 3 N–H and O–H groups in total. The van der Waals surface area contributed by atoms with Gasteiger partial charge in [0.2, 0.25) is 5.91 Å². The lowest BCUT2D eigenvalue weighted by Gasteiger charge is -2.09. The van der Waals surface area contributed by atoms with Gasteiger partial charge in [0, 0.05) is 12.1 Å². The molecule has 1 aromatic heterocycles. The molecule has 26 heavy (non-hydrogen) atoms. The fourth-order valence-electron chi connectivity index (χ4n) is 2.65. The lowest BCUT2D eigenvalue weighted by molar-refractivity contribution is -0.117. The minimum atomic E-state index is -0.644. The van der Waals surface area contributed by atoms with Crippen molar-refractivity contribution in [2.75, 3.05) is 5.32 Å². The molecule has 0 aliphatic heterocycles. The molecule has 138 valence electrons. The highest BCUT2D eigenvalue weighted by Gasteiger charge is 2.17. The van der Waals surface area contributed by atoms with Crippen molar-refractivity contribution in [2.24, 2.45) is 11.7 Å². The highest BCUT2D eigenvalue weighted by Crippen LogP contribution is 2.15. The lowest BCUT2D eigenvalue weighted by atomic mass is 10.0. The molecular formula is C20H24N2O4. The van der Waals surface area contributed by atoms with Gasteiger partial charge in [0.1, 0.15) is 11.3 Å². The number of anilines is 1. The van der Waals surface area contributed by atoms with E-state index in [2.05, 4.69) is 19.2 Å². The van der Waals surface area contributed by atoms with Crippen molar-refractivity contribution in [1.82, 2.24) is 0 Å². The summed E-state index contributed by atoms with van der Waals surface area (Å²) in [6.07, 6.45) is 1.64. The lowest BCUT2D eigenvalue weighted by Crippen LogP contribution is -2.23. The van der Waals surface area contributed by atoms with Crippen LogP contribution in [0.2, 0.25) is 0 Å². The fourth-order valence-corrected chi connectivity index (χ4v) is 2.65. The number of nitrogens with two attached hydrogens (primary N) is 1. The number of carbonyl (C=O) groups is 2. The molecule has 0 bridgehead atoms. The SMILES string of the molecule is Cc1cc(CCC(C)C)oc(=O)c1C(=O)Nc1cccc(CC(N)=O)c1. The third kappa shape index (κ3) is 5.31. The summed E-state index contributed by atoms with van der Waals surface area (Å²) < 4.78 is 5.30. The van der Waals surface area contributed by atoms with Gasteiger partial charge in [-0.3, -0.25) is 9.59 Å². The molecule has 2 aromatic rings. The number of hydrogen-bond acceptors (Lipinski definition) is 4. The van der Waals surface area contributed by atoms with Crippen LogP contribution in [-0.4, -0.2) is 11.8 Å². The summed E-state index contributed by atoms with van der Waals surface area (Å²) in [5.41, 5.74) is 6.27. The Hall–Kier alpha value is -2.89. The predicted molar refractivity (Wildman–Crippen MR) is 100 cm³/mol. The fraction of sp³-hybridized carbons (Fsp3) is 0.350. The summed E-state index contributed by atoms with van der Waals surface area (Å²) in [6.45, 7) is 5.91. The monoisotopic (exact) mass is 356 g/mol. The summed E-state index contributed by atoms with van der Waals surface area (Å²) in [6, 6.07) is 8.51. The Morgan fingerprint density at radius 3 is 2.58 bits per heavy atom. The molecule has 0 atom stereocenters. The van der Waals surface area contributed by atoms with E-state index in [9.17, 15) is 14.4 Å². The highest BCUT2D eigenvalue weighted by atomic mass is 16.4. The van der Waals surface area contributed by atoms with E-state index in [0.717, 1.165) is 6.42 Å². The first kappa shape index (κ1) is 19.4. The molecule has 0 radical (unpaired) electrons. The van der Waals surface area contributed by atoms with Crippen LogP contribution in [0.25, 0.3) is 0 Å². The van der Waals surface area contributed by atoms with Crippen LogP contribution in [0.4, 0.5) is 5.69 Å². The molecular weight excluding hydrogens is 332 g/mol. The Balaban J connectivity index is 2.19. The molecule has 6 nitrogen and oxygen atoms in total. The zero-order valence-corrected chi connectivity index (χ0v) is 15.3. The van der Waals surface area contributed by atoms with Crippen LogP contribution in [0.1, 0.15) is 47.5 Å². The van der Waals surface area contributed by atoms with E-state index in [1.807, 2.05) is 0 Å². The van der Waals surface area contributed by atoms with Crippen LogP contribution < -0.4 is 16.7 Å². The Kier molecular flexibility index (Phi) is 6.33. The quantitative estimate of drug-likeness (QED) is 0.796. The van der Waals surface area contributed by atoms with Crippen molar-refractivity contribution >= 4 is 17.5 Å². The van der Waals surface area contributed by atoms with E-state index in [1.54, 1.807) is 37.3 Å². The number of hydrogen-bond donors (Lipinski definition) is 2. The number of aryl methyl sites for hydroxylation is 2. The maximum absolute atomic E-state index is 12.5. The van der Waals surface area contributed by atoms with E-state index in [0.29, 0.717) is 34.9 Å². The van der Waals surface area contributed by atoms with Gasteiger partial charge in [0.25, 0.3) is 5.91 Å². The summed E-state index contributed by atoms with van der Waals surface area (Å²) in [7, 11) is 0. The Morgan fingerprint density at radius 1 is 1.23 bits per heavy atom. The number of carbonyl (C=O) groups excluding carboxylic acids is 2. The Labute approximate surface area is 152 Å². The maximum atomic E-state index is 12.5. The summed E-state index contributed by atoms with van der Waals surface area (Å²) >= 11 is 0. The van der Waals surface area contributed by atoms with Gasteiger partial charge < -0.3 is 15.5 Å². The number of amides is 2. The average molecular weight is 356 g/mol. The summed E-state index contributed by atoms with van der Waals surface area (Å²) in [5, 5.41) is 2.67. The van der Waals surface area contributed by atoms with E-state index >= 15 is 0 Å². The first-order valence-corrected chi connectivity index (χ1v) is 8.58. The van der Waals surface area contributed by atoms with Crippen LogP contribution in [0.5, 0.6) is 0 Å². The second kappa shape index (κ2) is 8.47. The molecule has 0 aliphatic carbocycles. The van der Waals surface area contributed by atoms with Gasteiger partial charge in [-0.1, -0.05) is 26.0 Å². The third-order valence-electron chi connectivity index (χ3n) is 3.96. The van der Waals surface area contributed by atoms with E-state index in [-0.39, 0.29) is 12.0 Å². The first-order chi connectivity index (χ1) is 12.3. The van der Waals surface area contributed by atoms with Crippen LogP contribution in [0, 0.1) is 12.8 Å². The molecule has 2 rings (SSSR count). The van der Waals surface area contributed by atoms with Gasteiger partial charge in [0.05, 0.1) is 6.42 Å². The molecule has 1 heterocycles. The van der Waals surface area contributed by atoms with Crippen LogP contribution in [0.3, 0.4) is 0 Å². The Bertz CT molecular complexity index is 868. The molecule has 0 spiro atoms. The maximum Gasteiger partial charge on any atom is 0.349 e. The van der Waals surface area contributed by atoms with E-state index in [1.165, 1.54) is 0 Å². The molecule has 6 heteroatoms. The van der Waals surface area contributed by atoms with Crippen molar-refractivity contribution < 1.29 is 14.0 Å². The van der Waals surface area contributed by atoms with Crippen molar-refractivity contribution in [3.8, 4) is 0 Å². The largest absolute Gasteiger partial charge is 0.427 e. The van der Waals surface area contributed by atoms with Gasteiger partial charge in [-0.2, -0.15) is 0 Å². The van der Waals surface area contributed by atoms with Crippen LogP contribution in [-0.2, 0) is 17.6 Å². The zero-order chi connectivity index (χ0) is 19.3. The molecule has 0 saturated heterocycles. The number of benzene rings is 1. The minimum Gasteiger partial charge on any atom is -0.427 e. The van der Waals surface area contributed by atoms with Crippen molar-refractivity contribution in [3.63, 3.8) is 0 Å². The van der Waals surface area contributed by atoms with Crippen LogP contribution in [0.15, 0.2) is 39.5 Å². The molecule has 0 saturated carbocycles. The molecule has 0 fully saturated rings. The first-order valence-electron chi connectivity index (χ1n) is 8.58. The van der Waals surface area contributed by atoms with Gasteiger partial charge in [0.15, 0.2) is 0 Å². The van der Waals surface area contributed by atoms with Gasteiger partial charge in [-0.15, -0.1) is 0 Å². The van der Waals surface area contributed by atoms with Crippen LogP contribution >= 0.6 is 0 Å². The Morgan fingerprint density at radius 2 is 1.96 bits per heavy atom.